The summed E-state index contributed by atoms with van der Waals surface area (Å²) in [5, 5.41) is 0.866. The van der Waals surface area contributed by atoms with E-state index in [1.807, 2.05) is 24.3 Å². The van der Waals surface area contributed by atoms with Crippen LogP contribution in [0.5, 0.6) is 0 Å². The minimum absolute atomic E-state index is 0.186. The van der Waals surface area contributed by atoms with Crippen molar-refractivity contribution >= 4 is 31.9 Å². The van der Waals surface area contributed by atoms with Gasteiger partial charge >= 0.3 is 0 Å². The van der Waals surface area contributed by atoms with Gasteiger partial charge in [-0.05, 0) is 47.7 Å². The molecule has 0 heterocycles. The normalized spacial score (nSPS) is 12.4. The third kappa shape index (κ3) is 3.66. The predicted octanol–water partition coefficient (Wildman–Crippen LogP) is 5.31. The van der Waals surface area contributed by atoms with Crippen LogP contribution >= 0.6 is 31.9 Å². The molecule has 2 aromatic carbocycles. The molecule has 0 radical (unpaired) electrons. The Balaban J connectivity index is 2.17. The van der Waals surface area contributed by atoms with E-state index in [0.717, 1.165) is 21.8 Å². The van der Waals surface area contributed by atoms with Gasteiger partial charge in [0.15, 0.2) is 0 Å². The van der Waals surface area contributed by atoms with Gasteiger partial charge in [0.1, 0.15) is 5.82 Å². The molecule has 94 valence electrons. The van der Waals surface area contributed by atoms with Crippen molar-refractivity contribution in [1.82, 2.24) is 0 Å². The van der Waals surface area contributed by atoms with Gasteiger partial charge in [-0.15, -0.1) is 0 Å². The van der Waals surface area contributed by atoms with Crippen molar-refractivity contribution in [2.45, 2.75) is 12.3 Å². The van der Waals surface area contributed by atoms with Gasteiger partial charge in [-0.25, -0.2) is 4.39 Å². The number of rotatable bonds is 4. The third-order valence-corrected chi connectivity index (χ3v) is 4.17. The fourth-order valence-electron chi connectivity index (χ4n) is 1.94. The Kier molecular flexibility index (Phi) is 4.95. The fourth-order valence-corrected chi connectivity index (χ4v) is 2.99. The largest absolute Gasteiger partial charge is 0.207 e. The van der Waals surface area contributed by atoms with Crippen LogP contribution in [0.25, 0.3) is 0 Å². The second kappa shape index (κ2) is 6.48. The van der Waals surface area contributed by atoms with Crippen molar-refractivity contribution in [3.63, 3.8) is 0 Å². The van der Waals surface area contributed by atoms with Gasteiger partial charge in [-0.3, -0.25) is 0 Å². The molecule has 1 atom stereocenters. The molecule has 0 fully saturated rings. The third-order valence-electron chi connectivity index (χ3n) is 2.90. The first-order valence-corrected chi connectivity index (χ1v) is 7.66. The zero-order valence-corrected chi connectivity index (χ0v) is 12.9. The Morgan fingerprint density at radius 1 is 1.06 bits per heavy atom. The van der Waals surface area contributed by atoms with Gasteiger partial charge in [0.2, 0.25) is 0 Å². The maximum Gasteiger partial charge on any atom is 0.123 e. The van der Waals surface area contributed by atoms with Gasteiger partial charge < -0.3 is 0 Å². The summed E-state index contributed by atoms with van der Waals surface area (Å²) in [5.74, 6) is 0.175. The minimum atomic E-state index is -0.186. The summed E-state index contributed by atoms with van der Waals surface area (Å²) in [6.45, 7) is 0. The average Bonchev–Trinajstić information content (AvgIpc) is 2.37. The van der Waals surface area contributed by atoms with Crippen LogP contribution in [0.1, 0.15) is 17.0 Å². The summed E-state index contributed by atoms with van der Waals surface area (Å²) >= 11 is 7.02. The molecule has 2 aromatic rings. The molecule has 0 saturated heterocycles. The van der Waals surface area contributed by atoms with Crippen LogP contribution in [0, 0.1) is 5.82 Å². The number of halogens is 3. The van der Waals surface area contributed by atoms with Gasteiger partial charge in [-0.1, -0.05) is 56.1 Å². The highest BCUT2D eigenvalue weighted by Gasteiger charge is 2.11. The molecule has 0 saturated carbocycles. The van der Waals surface area contributed by atoms with Crippen molar-refractivity contribution in [3.05, 3.63) is 69.9 Å². The second-order valence-electron chi connectivity index (χ2n) is 4.24. The fraction of sp³-hybridized carbons (Fsp3) is 0.200. The summed E-state index contributed by atoms with van der Waals surface area (Å²) in [4.78, 5) is 0. The predicted molar refractivity (Wildman–Crippen MR) is 80.8 cm³/mol. The Bertz CT molecular complexity index is 508. The first-order valence-electron chi connectivity index (χ1n) is 5.75. The lowest BCUT2D eigenvalue weighted by atomic mass is 9.94. The van der Waals surface area contributed by atoms with Crippen molar-refractivity contribution < 1.29 is 4.39 Å². The summed E-state index contributed by atoms with van der Waals surface area (Å²) < 4.78 is 14.0. The maximum absolute atomic E-state index is 12.9. The van der Waals surface area contributed by atoms with Crippen LogP contribution in [0.4, 0.5) is 4.39 Å². The van der Waals surface area contributed by atoms with E-state index >= 15 is 0 Å². The minimum Gasteiger partial charge on any atom is -0.207 e. The average molecular weight is 372 g/mol. The standard InChI is InChI=1S/C15H13Br2F/c16-10-13(12-4-6-15(18)7-5-12)8-11-2-1-3-14(17)9-11/h1-7,9,13H,8,10H2. The van der Waals surface area contributed by atoms with Crippen LogP contribution in [-0.2, 0) is 6.42 Å². The molecule has 0 N–H and O–H groups in total. The van der Waals surface area contributed by atoms with E-state index in [2.05, 4.69) is 44.0 Å². The van der Waals surface area contributed by atoms with Crippen LogP contribution in [0.3, 0.4) is 0 Å². The first-order chi connectivity index (χ1) is 8.69. The van der Waals surface area contributed by atoms with Gasteiger partial charge in [-0.2, -0.15) is 0 Å². The summed E-state index contributed by atoms with van der Waals surface area (Å²) in [7, 11) is 0. The Labute approximate surface area is 123 Å². The lowest BCUT2D eigenvalue weighted by Crippen LogP contribution is -2.04. The van der Waals surface area contributed by atoms with Gasteiger partial charge in [0.25, 0.3) is 0 Å². The maximum atomic E-state index is 12.9. The highest BCUT2D eigenvalue weighted by molar-refractivity contribution is 9.10. The molecule has 0 nitrogen and oxygen atoms in total. The van der Waals surface area contributed by atoms with E-state index in [4.69, 9.17) is 0 Å². The molecule has 0 spiro atoms. The summed E-state index contributed by atoms with van der Waals surface area (Å²) in [6, 6.07) is 15.1. The lowest BCUT2D eigenvalue weighted by Gasteiger charge is -2.15. The molecule has 0 amide bonds. The van der Waals surface area contributed by atoms with Gasteiger partial charge in [0.05, 0.1) is 0 Å². The van der Waals surface area contributed by atoms with Crippen LogP contribution in [0.2, 0.25) is 0 Å². The van der Waals surface area contributed by atoms with E-state index in [0.29, 0.717) is 5.92 Å². The number of hydrogen-bond donors (Lipinski definition) is 0. The van der Waals surface area contributed by atoms with E-state index in [1.165, 1.54) is 17.7 Å². The Morgan fingerprint density at radius 3 is 2.39 bits per heavy atom. The number of benzene rings is 2. The first kappa shape index (κ1) is 13.8. The van der Waals surface area contributed by atoms with Crippen molar-refractivity contribution in [2.75, 3.05) is 5.33 Å². The van der Waals surface area contributed by atoms with Gasteiger partial charge in [0, 0.05) is 9.80 Å². The van der Waals surface area contributed by atoms with E-state index in [-0.39, 0.29) is 5.82 Å². The van der Waals surface area contributed by atoms with E-state index in [1.54, 1.807) is 0 Å². The smallest absolute Gasteiger partial charge is 0.123 e. The highest BCUT2D eigenvalue weighted by Crippen LogP contribution is 2.24. The topological polar surface area (TPSA) is 0 Å². The number of hydrogen-bond acceptors (Lipinski definition) is 0. The molecular weight excluding hydrogens is 359 g/mol. The number of alkyl halides is 1. The second-order valence-corrected chi connectivity index (χ2v) is 5.80. The summed E-state index contributed by atoms with van der Waals surface area (Å²) in [6.07, 6.45) is 0.941. The zero-order chi connectivity index (χ0) is 13.0. The highest BCUT2D eigenvalue weighted by atomic mass is 79.9. The molecule has 3 heteroatoms. The lowest BCUT2D eigenvalue weighted by molar-refractivity contribution is 0.625. The SMILES string of the molecule is Fc1ccc(C(CBr)Cc2cccc(Br)c2)cc1. The monoisotopic (exact) mass is 370 g/mol. The van der Waals surface area contributed by atoms with Crippen LogP contribution in [0.15, 0.2) is 53.0 Å². The van der Waals surface area contributed by atoms with Crippen molar-refractivity contribution in [3.8, 4) is 0 Å². The van der Waals surface area contributed by atoms with Crippen molar-refractivity contribution in [2.24, 2.45) is 0 Å². The van der Waals surface area contributed by atoms with Crippen molar-refractivity contribution in [1.29, 1.82) is 0 Å². The Morgan fingerprint density at radius 2 is 1.78 bits per heavy atom. The molecule has 0 aliphatic rings. The van der Waals surface area contributed by atoms with Crippen LogP contribution in [-0.4, -0.2) is 5.33 Å². The molecule has 0 aromatic heterocycles. The molecule has 18 heavy (non-hydrogen) atoms. The quantitative estimate of drug-likeness (QED) is 0.639. The summed E-state index contributed by atoms with van der Waals surface area (Å²) in [5.41, 5.74) is 2.44. The molecule has 0 aliphatic heterocycles. The molecule has 0 bridgehead atoms. The van der Waals surface area contributed by atoms with E-state index in [9.17, 15) is 4.39 Å². The molecular formula is C15H13Br2F. The molecule has 0 aliphatic carbocycles. The van der Waals surface area contributed by atoms with Crippen LogP contribution < -0.4 is 0 Å². The molecule has 2 rings (SSSR count). The van der Waals surface area contributed by atoms with E-state index < -0.39 is 0 Å². The zero-order valence-electron chi connectivity index (χ0n) is 9.74. The molecule has 1 unspecified atom stereocenters. The Hall–Kier alpha value is -0.670.